The van der Waals surface area contributed by atoms with Crippen LogP contribution in [0.3, 0.4) is 0 Å². The second-order valence-electron chi connectivity index (χ2n) is 7.31. The quantitative estimate of drug-likeness (QED) is 0.444. The number of nitrogens with one attached hydrogen (secondary N) is 1. The van der Waals surface area contributed by atoms with Crippen molar-refractivity contribution in [1.29, 1.82) is 0 Å². The molecule has 11 heteroatoms. The minimum absolute atomic E-state index is 0.0856. The van der Waals surface area contributed by atoms with Crippen molar-refractivity contribution in [2.45, 2.75) is 12.3 Å². The third-order valence-electron chi connectivity index (χ3n) is 5.02. The Bertz CT molecular complexity index is 1290. The van der Waals surface area contributed by atoms with Gasteiger partial charge in [-0.05, 0) is 31.2 Å². The first kappa shape index (κ1) is 21.6. The van der Waals surface area contributed by atoms with E-state index in [4.69, 9.17) is 16.1 Å². The molecule has 1 atom stereocenters. The van der Waals surface area contributed by atoms with Crippen LogP contribution in [0.5, 0.6) is 0 Å². The van der Waals surface area contributed by atoms with Crippen LogP contribution in [-0.4, -0.2) is 37.4 Å². The predicted octanol–water partition coefficient (Wildman–Crippen LogP) is 3.53. The van der Waals surface area contributed by atoms with E-state index < -0.39 is 23.0 Å². The number of carbonyl (C=O) groups excluding carboxylic acids is 1. The molecule has 0 aliphatic rings. The molecule has 4 aromatic rings. The zero-order valence-corrected chi connectivity index (χ0v) is 17.8. The summed E-state index contributed by atoms with van der Waals surface area (Å²) in [6, 6.07) is 8.15. The molecule has 8 nitrogen and oxygen atoms in total. The maximum Gasteiger partial charge on any atom is 0.316 e. The maximum atomic E-state index is 14.0. The third kappa shape index (κ3) is 4.22. The smallest absolute Gasteiger partial charge is 0.316 e. The lowest BCUT2D eigenvalue weighted by Crippen LogP contribution is -2.40. The summed E-state index contributed by atoms with van der Waals surface area (Å²) in [4.78, 5) is 21.0. The Hall–Kier alpha value is -3.66. The van der Waals surface area contributed by atoms with Crippen LogP contribution in [0.1, 0.15) is 28.9 Å². The number of halogens is 3. The molecule has 3 heterocycles. The summed E-state index contributed by atoms with van der Waals surface area (Å²) in [5, 5.41) is 10.9. The number of benzene rings is 1. The van der Waals surface area contributed by atoms with Crippen molar-refractivity contribution in [3.8, 4) is 11.4 Å². The summed E-state index contributed by atoms with van der Waals surface area (Å²) in [6.45, 7) is 1.99. The van der Waals surface area contributed by atoms with Gasteiger partial charge in [-0.15, -0.1) is 0 Å². The summed E-state index contributed by atoms with van der Waals surface area (Å²) in [5.74, 6) is -2.80. The van der Waals surface area contributed by atoms with Gasteiger partial charge in [-0.2, -0.15) is 10.1 Å². The molecule has 0 saturated heterocycles. The lowest BCUT2D eigenvalue weighted by Gasteiger charge is -2.28. The second-order valence-corrected chi connectivity index (χ2v) is 7.70. The molecular weight excluding hydrogens is 442 g/mol. The van der Waals surface area contributed by atoms with Crippen LogP contribution in [0.2, 0.25) is 5.15 Å². The van der Waals surface area contributed by atoms with Gasteiger partial charge in [0.2, 0.25) is 5.82 Å². The minimum atomic E-state index is -0.867. The zero-order valence-electron chi connectivity index (χ0n) is 17.0. The van der Waals surface area contributed by atoms with E-state index in [1.54, 1.807) is 36.1 Å². The Morgan fingerprint density at radius 3 is 2.75 bits per heavy atom. The molecular formula is C21H17ClF2N6O2. The number of hydrogen-bond acceptors (Lipinski definition) is 6. The topological polar surface area (TPSA) is 98.7 Å². The molecule has 32 heavy (non-hydrogen) atoms. The number of nitrogens with zero attached hydrogens (tertiary/aromatic N) is 5. The van der Waals surface area contributed by atoms with Crippen molar-refractivity contribution >= 4 is 17.5 Å². The predicted molar refractivity (Wildman–Crippen MR) is 111 cm³/mol. The number of hydrogen-bond donors (Lipinski definition) is 1. The largest absolute Gasteiger partial charge is 0.347 e. The van der Waals surface area contributed by atoms with Crippen molar-refractivity contribution < 1.29 is 18.1 Å². The van der Waals surface area contributed by atoms with Gasteiger partial charge < -0.3 is 9.84 Å². The molecule has 0 bridgehead atoms. The van der Waals surface area contributed by atoms with Gasteiger partial charge in [0.25, 0.3) is 0 Å². The number of aromatic nitrogens is 5. The molecule has 0 aliphatic carbocycles. The summed E-state index contributed by atoms with van der Waals surface area (Å²) in [5.41, 5.74) is 0.561. The van der Waals surface area contributed by atoms with Gasteiger partial charge in [0.05, 0.1) is 22.9 Å². The number of aryl methyl sites for hydroxylation is 1. The average Bonchev–Trinajstić information content (AvgIpc) is 3.41. The summed E-state index contributed by atoms with van der Waals surface area (Å²) < 4.78 is 33.7. The first-order valence-corrected chi connectivity index (χ1v) is 9.83. The normalized spacial score (nSPS) is 13.0. The maximum absolute atomic E-state index is 14.0. The molecule has 1 N–H and O–H groups in total. The van der Waals surface area contributed by atoms with Gasteiger partial charge in [-0.25, -0.2) is 13.8 Å². The van der Waals surface area contributed by atoms with Gasteiger partial charge in [0, 0.05) is 31.4 Å². The molecule has 0 fully saturated rings. The van der Waals surface area contributed by atoms with Crippen molar-refractivity contribution in [3.05, 3.63) is 82.7 Å². The molecule has 3 aromatic heterocycles. The van der Waals surface area contributed by atoms with Crippen LogP contribution in [0.4, 0.5) is 8.78 Å². The highest BCUT2D eigenvalue weighted by Crippen LogP contribution is 2.31. The molecule has 1 aromatic carbocycles. The first-order chi connectivity index (χ1) is 15.3. The molecule has 0 aliphatic heterocycles. The SMILES string of the molecule is Cn1cc(C(C)(CNC(=O)c2nc(-c3ccc(F)cc3F)no2)c2cccc(Cl)n2)cn1. The van der Waals surface area contributed by atoms with E-state index in [2.05, 4.69) is 25.5 Å². The second kappa shape index (κ2) is 8.46. The van der Waals surface area contributed by atoms with Crippen LogP contribution < -0.4 is 5.32 Å². The molecule has 1 amide bonds. The summed E-state index contributed by atoms with van der Waals surface area (Å²) in [6.07, 6.45) is 3.49. The van der Waals surface area contributed by atoms with Gasteiger partial charge in [0.15, 0.2) is 0 Å². The van der Waals surface area contributed by atoms with E-state index in [9.17, 15) is 13.6 Å². The van der Waals surface area contributed by atoms with Gasteiger partial charge in [-0.3, -0.25) is 9.48 Å². The Morgan fingerprint density at radius 1 is 1.25 bits per heavy atom. The fourth-order valence-corrected chi connectivity index (χ4v) is 3.35. The number of amides is 1. The molecule has 0 radical (unpaired) electrons. The van der Waals surface area contributed by atoms with Crippen molar-refractivity contribution in [1.82, 2.24) is 30.2 Å². The Morgan fingerprint density at radius 2 is 2.06 bits per heavy atom. The standard InChI is InChI=1S/C21H17ClF2N6O2/c1-21(12-9-26-30(2)10-12,16-4-3-5-17(22)27-16)11-25-19(31)20-28-18(29-32-20)14-7-6-13(23)8-15(14)24/h3-10H,11H2,1-2H3,(H,25,31). The van der Waals surface area contributed by atoms with E-state index in [0.717, 1.165) is 11.6 Å². The fraction of sp³-hybridized carbons (Fsp3) is 0.190. The number of rotatable bonds is 6. The van der Waals surface area contributed by atoms with Crippen LogP contribution in [0.25, 0.3) is 11.4 Å². The van der Waals surface area contributed by atoms with Crippen molar-refractivity contribution in [3.63, 3.8) is 0 Å². The highest BCUT2D eigenvalue weighted by atomic mass is 35.5. The van der Waals surface area contributed by atoms with E-state index in [1.807, 2.05) is 13.1 Å². The summed E-state index contributed by atoms with van der Waals surface area (Å²) >= 11 is 6.08. The van der Waals surface area contributed by atoms with Crippen LogP contribution in [0.15, 0.2) is 53.3 Å². The van der Waals surface area contributed by atoms with Crippen LogP contribution in [-0.2, 0) is 12.5 Å². The van der Waals surface area contributed by atoms with Gasteiger partial charge in [-0.1, -0.05) is 22.8 Å². The van der Waals surface area contributed by atoms with Crippen molar-refractivity contribution in [2.75, 3.05) is 6.54 Å². The molecule has 164 valence electrons. The molecule has 1 unspecified atom stereocenters. The lowest BCUT2D eigenvalue weighted by molar-refractivity contribution is 0.0903. The van der Waals surface area contributed by atoms with Crippen LogP contribution >= 0.6 is 11.6 Å². The Kier molecular flexibility index (Phi) is 5.70. The Balaban J connectivity index is 1.58. The molecule has 0 saturated carbocycles. The monoisotopic (exact) mass is 458 g/mol. The minimum Gasteiger partial charge on any atom is -0.347 e. The molecule has 0 spiro atoms. The zero-order chi connectivity index (χ0) is 22.9. The third-order valence-corrected chi connectivity index (χ3v) is 5.23. The van der Waals surface area contributed by atoms with Crippen molar-refractivity contribution in [2.24, 2.45) is 7.05 Å². The first-order valence-electron chi connectivity index (χ1n) is 9.46. The highest BCUT2D eigenvalue weighted by Gasteiger charge is 2.33. The average molecular weight is 459 g/mol. The Labute approximate surface area is 186 Å². The van der Waals surface area contributed by atoms with Gasteiger partial charge in [0.1, 0.15) is 16.8 Å². The van der Waals surface area contributed by atoms with Gasteiger partial charge >= 0.3 is 11.8 Å². The van der Waals surface area contributed by atoms with E-state index in [-0.39, 0.29) is 23.8 Å². The number of pyridine rings is 1. The fourth-order valence-electron chi connectivity index (χ4n) is 3.19. The van der Waals surface area contributed by atoms with E-state index >= 15 is 0 Å². The highest BCUT2D eigenvalue weighted by molar-refractivity contribution is 6.29. The lowest BCUT2D eigenvalue weighted by atomic mass is 9.80. The van der Waals surface area contributed by atoms with E-state index in [0.29, 0.717) is 16.9 Å². The molecule has 4 rings (SSSR count). The van der Waals surface area contributed by atoms with Crippen LogP contribution in [0, 0.1) is 11.6 Å². The van der Waals surface area contributed by atoms with E-state index in [1.165, 1.54) is 6.07 Å². The number of carbonyl (C=O) groups is 1. The summed E-state index contributed by atoms with van der Waals surface area (Å²) in [7, 11) is 1.78.